The molecule has 7 nitrogen and oxygen atoms in total. The predicted molar refractivity (Wildman–Crippen MR) is 127 cm³/mol. The van der Waals surface area contributed by atoms with E-state index in [1.807, 2.05) is 0 Å². The summed E-state index contributed by atoms with van der Waals surface area (Å²) >= 11 is 0. The highest BCUT2D eigenvalue weighted by molar-refractivity contribution is 6.05. The third-order valence-electron chi connectivity index (χ3n) is 6.32. The highest BCUT2D eigenvalue weighted by Gasteiger charge is 2.71. The van der Waals surface area contributed by atoms with Gasteiger partial charge in [-0.3, -0.25) is 9.78 Å². The van der Waals surface area contributed by atoms with Crippen molar-refractivity contribution in [3.63, 3.8) is 0 Å². The van der Waals surface area contributed by atoms with Gasteiger partial charge in [0.05, 0.1) is 25.5 Å². The first kappa shape index (κ1) is 28.1. The standard InChI is InChI=1S/C26H23F6N3O4/c1-15-12-34-21(13-33-15)23(36)35-14-20(39-19-5-3-4-18(11-19)38-2)8-6-16-10-17(7-9-22(16)35)24(37,25(27,28)29)26(30,31)32/h3-5,7,9-13,20,37H,6,8,14H2,1-2H3/t20-/m0/s1. The second-order valence-corrected chi connectivity index (χ2v) is 8.97. The van der Waals surface area contributed by atoms with Gasteiger partial charge in [0.15, 0.2) is 0 Å². The van der Waals surface area contributed by atoms with E-state index >= 15 is 0 Å². The van der Waals surface area contributed by atoms with Gasteiger partial charge in [0.2, 0.25) is 0 Å². The lowest BCUT2D eigenvalue weighted by atomic mass is 9.89. The molecule has 2 heterocycles. The zero-order valence-electron chi connectivity index (χ0n) is 20.7. The first-order chi connectivity index (χ1) is 18.2. The molecule has 208 valence electrons. The molecule has 2 aromatic carbocycles. The van der Waals surface area contributed by atoms with Crippen molar-refractivity contribution < 1.29 is 45.7 Å². The Morgan fingerprint density at radius 2 is 1.69 bits per heavy atom. The first-order valence-corrected chi connectivity index (χ1v) is 11.6. The van der Waals surface area contributed by atoms with Crippen molar-refractivity contribution in [2.24, 2.45) is 0 Å². The van der Waals surface area contributed by atoms with Gasteiger partial charge in [-0.1, -0.05) is 18.2 Å². The molecule has 13 heteroatoms. The lowest BCUT2D eigenvalue weighted by Crippen LogP contribution is -2.54. The van der Waals surface area contributed by atoms with Crippen molar-refractivity contribution >= 4 is 11.6 Å². The molecule has 1 N–H and O–H groups in total. The summed E-state index contributed by atoms with van der Waals surface area (Å²) in [7, 11) is 1.46. The van der Waals surface area contributed by atoms with Crippen LogP contribution in [0.4, 0.5) is 32.0 Å². The van der Waals surface area contributed by atoms with Crippen LogP contribution in [0.2, 0.25) is 0 Å². The van der Waals surface area contributed by atoms with Crippen LogP contribution in [0.3, 0.4) is 0 Å². The third-order valence-corrected chi connectivity index (χ3v) is 6.32. The number of hydrogen-bond donors (Lipinski definition) is 1. The molecule has 0 saturated heterocycles. The number of rotatable bonds is 5. The lowest BCUT2D eigenvalue weighted by molar-refractivity contribution is -0.376. The maximum atomic E-state index is 13.5. The number of carbonyl (C=O) groups excluding carboxylic acids is 1. The molecule has 1 aliphatic heterocycles. The van der Waals surface area contributed by atoms with Crippen LogP contribution < -0.4 is 14.4 Å². The summed E-state index contributed by atoms with van der Waals surface area (Å²) in [6.45, 7) is 1.56. The Morgan fingerprint density at radius 3 is 2.31 bits per heavy atom. The number of carbonyl (C=O) groups is 1. The number of amides is 1. The van der Waals surface area contributed by atoms with Gasteiger partial charge in [0.1, 0.15) is 23.3 Å². The van der Waals surface area contributed by atoms with Crippen LogP contribution in [0.1, 0.15) is 33.7 Å². The third kappa shape index (κ3) is 5.49. The maximum Gasteiger partial charge on any atom is 0.430 e. The second kappa shape index (κ2) is 10.4. The zero-order chi connectivity index (χ0) is 28.6. The molecule has 0 unspecified atom stereocenters. The smallest absolute Gasteiger partial charge is 0.430 e. The fourth-order valence-corrected chi connectivity index (χ4v) is 4.27. The molecule has 39 heavy (non-hydrogen) atoms. The Hall–Kier alpha value is -3.87. The monoisotopic (exact) mass is 555 g/mol. The summed E-state index contributed by atoms with van der Waals surface area (Å²) in [5.74, 6) is 0.201. The SMILES string of the molecule is COc1cccc(O[C@H]2CCc3cc(C(O)(C(F)(F)F)C(F)(F)F)ccc3N(C(=O)c3cnc(C)cn3)C2)c1. The number of nitrogens with zero attached hydrogens (tertiary/aromatic N) is 3. The molecule has 1 aromatic heterocycles. The minimum absolute atomic E-state index is 0.00964. The molecule has 0 radical (unpaired) electrons. The second-order valence-electron chi connectivity index (χ2n) is 8.97. The topological polar surface area (TPSA) is 84.8 Å². The minimum Gasteiger partial charge on any atom is -0.497 e. The molecular formula is C26H23F6N3O4. The van der Waals surface area contributed by atoms with E-state index in [0.29, 0.717) is 29.3 Å². The summed E-state index contributed by atoms with van der Waals surface area (Å²) in [5, 5.41) is 9.92. The molecule has 0 spiro atoms. The molecule has 4 rings (SSSR count). The Bertz CT molecular complexity index is 1330. The van der Waals surface area contributed by atoms with E-state index in [1.54, 1.807) is 31.2 Å². The van der Waals surface area contributed by atoms with Gasteiger partial charge in [-0.2, -0.15) is 26.3 Å². The zero-order valence-corrected chi connectivity index (χ0v) is 20.7. The number of aromatic nitrogens is 2. The lowest BCUT2D eigenvalue weighted by Gasteiger charge is -2.33. The molecule has 1 atom stereocenters. The first-order valence-electron chi connectivity index (χ1n) is 11.6. The van der Waals surface area contributed by atoms with Gasteiger partial charge >= 0.3 is 12.4 Å². The Balaban J connectivity index is 1.77. The van der Waals surface area contributed by atoms with Crippen LogP contribution in [0.5, 0.6) is 11.5 Å². The van der Waals surface area contributed by atoms with E-state index in [-0.39, 0.29) is 36.3 Å². The van der Waals surface area contributed by atoms with Crippen LogP contribution in [0.25, 0.3) is 0 Å². The Kier molecular flexibility index (Phi) is 7.48. The van der Waals surface area contributed by atoms with Crippen molar-refractivity contribution in [1.29, 1.82) is 0 Å². The summed E-state index contributed by atoms with van der Waals surface area (Å²) in [5.41, 5.74) is -6.00. The fourth-order valence-electron chi connectivity index (χ4n) is 4.27. The highest BCUT2D eigenvalue weighted by Crippen LogP contribution is 2.50. The largest absolute Gasteiger partial charge is 0.497 e. The highest BCUT2D eigenvalue weighted by atomic mass is 19.4. The van der Waals surface area contributed by atoms with Crippen LogP contribution >= 0.6 is 0 Å². The summed E-state index contributed by atoms with van der Waals surface area (Å²) < 4.78 is 92.5. The van der Waals surface area contributed by atoms with Crippen molar-refractivity contribution in [3.05, 3.63) is 77.4 Å². The van der Waals surface area contributed by atoms with Crippen molar-refractivity contribution in [2.75, 3.05) is 18.6 Å². The van der Waals surface area contributed by atoms with Gasteiger partial charge < -0.3 is 19.5 Å². The van der Waals surface area contributed by atoms with Crippen LogP contribution in [-0.2, 0) is 12.0 Å². The van der Waals surface area contributed by atoms with Gasteiger partial charge in [-0.05, 0) is 43.5 Å². The Labute approximate surface area is 219 Å². The van der Waals surface area contributed by atoms with Crippen LogP contribution in [0, 0.1) is 6.92 Å². The predicted octanol–water partition coefficient (Wildman–Crippen LogP) is 5.15. The quantitative estimate of drug-likeness (QED) is 0.439. The van der Waals surface area contributed by atoms with Crippen molar-refractivity contribution in [1.82, 2.24) is 9.97 Å². The molecule has 0 saturated carbocycles. The molecule has 3 aromatic rings. The molecular weight excluding hydrogens is 532 g/mol. The number of methoxy groups -OCH3 is 1. The number of ether oxygens (including phenoxy) is 2. The average Bonchev–Trinajstić information content (AvgIpc) is 3.06. The van der Waals surface area contributed by atoms with E-state index in [0.717, 1.165) is 6.07 Å². The Morgan fingerprint density at radius 1 is 1.00 bits per heavy atom. The van der Waals surface area contributed by atoms with Gasteiger partial charge in [-0.15, -0.1) is 0 Å². The van der Waals surface area contributed by atoms with E-state index < -0.39 is 35.5 Å². The van der Waals surface area contributed by atoms with Gasteiger partial charge in [0, 0.05) is 23.5 Å². The number of anilines is 1. The molecule has 0 bridgehead atoms. The number of fused-ring (bicyclic) bond motifs is 1. The summed E-state index contributed by atoms with van der Waals surface area (Å²) in [4.78, 5) is 22.7. The average molecular weight is 555 g/mol. The fraction of sp³-hybridized carbons (Fsp3) is 0.346. The normalized spacial score (nSPS) is 16.3. The minimum atomic E-state index is -6.05. The van der Waals surface area contributed by atoms with Crippen molar-refractivity contribution in [2.45, 2.75) is 43.8 Å². The van der Waals surface area contributed by atoms with E-state index in [1.165, 1.54) is 24.4 Å². The van der Waals surface area contributed by atoms with Gasteiger partial charge in [0.25, 0.3) is 11.5 Å². The molecule has 1 aliphatic rings. The van der Waals surface area contributed by atoms with Crippen molar-refractivity contribution in [3.8, 4) is 11.5 Å². The van der Waals surface area contributed by atoms with E-state index in [9.17, 15) is 36.2 Å². The van der Waals surface area contributed by atoms with E-state index in [2.05, 4.69) is 9.97 Å². The number of alkyl halides is 6. The maximum absolute atomic E-state index is 13.5. The molecule has 0 aliphatic carbocycles. The van der Waals surface area contributed by atoms with E-state index in [4.69, 9.17) is 9.47 Å². The number of aryl methyl sites for hydroxylation is 2. The number of benzene rings is 2. The molecule has 1 amide bonds. The summed E-state index contributed by atoms with van der Waals surface area (Å²) in [6.07, 6.45) is -10.1. The number of hydrogen-bond acceptors (Lipinski definition) is 6. The molecule has 0 fully saturated rings. The van der Waals surface area contributed by atoms with Crippen LogP contribution in [-0.4, -0.2) is 53.1 Å². The number of aliphatic hydroxyl groups is 1. The number of halogens is 6. The summed E-state index contributed by atoms with van der Waals surface area (Å²) in [6, 6.07) is 8.71. The van der Waals surface area contributed by atoms with Crippen LogP contribution in [0.15, 0.2) is 54.9 Å². The van der Waals surface area contributed by atoms with Gasteiger partial charge in [-0.25, -0.2) is 4.98 Å².